The molecule has 1 amide bonds. The second-order valence-electron chi connectivity index (χ2n) is 3.12. The summed E-state index contributed by atoms with van der Waals surface area (Å²) in [4.78, 5) is 13.1. The fourth-order valence-corrected chi connectivity index (χ4v) is 1.13. The topological polar surface area (TPSA) is 20.3 Å². The molecule has 0 aliphatic carbocycles. The predicted octanol–water partition coefficient (Wildman–Crippen LogP) is 1.32. The van der Waals surface area contributed by atoms with Crippen LogP contribution in [0.4, 0.5) is 0 Å². The van der Waals surface area contributed by atoms with E-state index in [2.05, 4.69) is 5.92 Å². The first kappa shape index (κ1) is 10.3. The molecule has 0 N–H and O–H groups in total. The largest absolute Gasteiger partial charge is 0.334 e. The Morgan fingerprint density at radius 3 is 2.64 bits per heavy atom. The number of likely N-dealkylation sites (N-methyl/N-ethyl adjacent to an activating group) is 1. The van der Waals surface area contributed by atoms with E-state index in [0.717, 1.165) is 5.56 Å². The number of benzene rings is 1. The van der Waals surface area contributed by atoms with E-state index in [4.69, 9.17) is 6.42 Å². The van der Waals surface area contributed by atoms with Crippen molar-refractivity contribution in [2.75, 3.05) is 13.6 Å². The summed E-state index contributed by atoms with van der Waals surface area (Å²) < 4.78 is 0. The van der Waals surface area contributed by atoms with Gasteiger partial charge in [-0.3, -0.25) is 4.79 Å². The smallest absolute Gasteiger partial charge is 0.227 e. The van der Waals surface area contributed by atoms with Crippen LogP contribution in [0.5, 0.6) is 0 Å². The number of amides is 1. The molecular weight excluding hydrogens is 174 g/mol. The average molecular weight is 187 g/mol. The lowest BCUT2D eigenvalue weighted by Crippen LogP contribution is -2.28. The van der Waals surface area contributed by atoms with Crippen molar-refractivity contribution < 1.29 is 4.79 Å². The lowest BCUT2D eigenvalue weighted by molar-refractivity contribution is -0.128. The molecule has 2 nitrogen and oxygen atoms in total. The normalized spacial score (nSPS) is 9.14. The number of terminal acetylenes is 1. The van der Waals surface area contributed by atoms with Crippen molar-refractivity contribution >= 4 is 5.91 Å². The minimum atomic E-state index is 0.0501. The van der Waals surface area contributed by atoms with Crippen LogP contribution in [0.1, 0.15) is 5.56 Å². The minimum absolute atomic E-state index is 0.0501. The van der Waals surface area contributed by atoms with E-state index in [0.29, 0.717) is 13.0 Å². The SMILES string of the molecule is C#CCN(C)C(=O)Cc1ccccc1. The zero-order valence-corrected chi connectivity index (χ0v) is 8.23. The molecular formula is C12H13NO. The molecule has 0 fully saturated rings. The highest BCUT2D eigenvalue weighted by Crippen LogP contribution is 2.01. The zero-order chi connectivity index (χ0) is 10.4. The molecule has 0 heterocycles. The van der Waals surface area contributed by atoms with E-state index >= 15 is 0 Å². The number of hydrogen-bond donors (Lipinski definition) is 0. The fourth-order valence-electron chi connectivity index (χ4n) is 1.13. The van der Waals surface area contributed by atoms with Gasteiger partial charge >= 0.3 is 0 Å². The van der Waals surface area contributed by atoms with Gasteiger partial charge in [-0.1, -0.05) is 36.3 Å². The summed E-state index contributed by atoms with van der Waals surface area (Å²) in [6, 6.07) is 9.63. The van der Waals surface area contributed by atoms with Gasteiger partial charge in [0.25, 0.3) is 0 Å². The molecule has 0 aliphatic heterocycles. The van der Waals surface area contributed by atoms with E-state index in [1.807, 2.05) is 30.3 Å². The van der Waals surface area contributed by atoms with E-state index < -0.39 is 0 Å². The van der Waals surface area contributed by atoms with Crippen LogP contribution < -0.4 is 0 Å². The maximum Gasteiger partial charge on any atom is 0.227 e. The molecule has 72 valence electrons. The molecule has 1 aromatic rings. The Labute approximate surface area is 84.5 Å². The summed E-state index contributed by atoms with van der Waals surface area (Å²) in [6.07, 6.45) is 5.53. The molecule has 2 heteroatoms. The first-order valence-electron chi connectivity index (χ1n) is 4.45. The highest BCUT2D eigenvalue weighted by atomic mass is 16.2. The molecule has 14 heavy (non-hydrogen) atoms. The van der Waals surface area contributed by atoms with Crippen LogP contribution in [0.15, 0.2) is 30.3 Å². The summed E-state index contributed by atoms with van der Waals surface area (Å²) in [7, 11) is 1.71. The van der Waals surface area contributed by atoms with Gasteiger partial charge in [0.05, 0.1) is 13.0 Å². The number of hydrogen-bond acceptors (Lipinski definition) is 1. The second kappa shape index (κ2) is 5.08. The zero-order valence-electron chi connectivity index (χ0n) is 8.23. The van der Waals surface area contributed by atoms with Gasteiger partial charge in [0.1, 0.15) is 0 Å². The monoisotopic (exact) mass is 187 g/mol. The van der Waals surface area contributed by atoms with Gasteiger partial charge in [-0.15, -0.1) is 6.42 Å². The quantitative estimate of drug-likeness (QED) is 0.653. The minimum Gasteiger partial charge on any atom is -0.334 e. The third-order valence-electron chi connectivity index (χ3n) is 1.95. The molecule has 0 saturated heterocycles. The number of carbonyl (C=O) groups excluding carboxylic acids is 1. The Kier molecular flexibility index (Phi) is 3.75. The van der Waals surface area contributed by atoms with Gasteiger partial charge in [-0.05, 0) is 5.56 Å². The molecule has 1 aromatic carbocycles. The van der Waals surface area contributed by atoms with Crippen LogP contribution in [0.25, 0.3) is 0 Å². The summed E-state index contributed by atoms with van der Waals surface area (Å²) in [5, 5.41) is 0. The van der Waals surface area contributed by atoms with Crippen molar-refractivity contribution in [3.8, 4) is 12.3 Å². The van der Waals surface area contributed by atoms with Crippen molar-refractivity contribution in [1.82, 2.24) is 4.90 Å². The Bertz CT molecular complexity index is 337. The van der Waals surface area contributed by atoms with Crippen LogP contribution in [0, 0.1) is 12.3 Å². The Morgan fingerprint density at radius 1 is 1.43 bits per heavy atom. The Balaban J connectivity index is 2.54. The molecule has 0 aliphatic rings. The van der Waals surface area contributed by atoms with Crippen LogP contribution in [0.3, 0.4) is 0 Å². The van der Waals surface area contributed by atoms with Crippen molar-refractivity contribution in [2.45, 2.75) is 6.42 Å². The summed E-state index contributed by atoms with van der Waals surface area (Å²) in [5.74, 6) is 2.49. The first-order chi connectivity index (χ1) is 6.74. The predicted molar refractivity (Wildman–Crippen MR) is 56.6 cm³/mol. The van der Waals surface area contributed by atoms with Crippen LogP contribution in [-0.4, -0.2) is 24.4 Å². The van der Waals surface area contributed by atoms with Crippen molar-refractivity contribution in [2.24, 2.45) is 0 Å². The molecule has 0 spiro atoms. The van der Waals surface area contributed by atoms with Gasteiger partial charge in [-0.25, -0.2) is 0 Å². The first-order valence-corrected chi connectivity index (χ1v) is 4.45. The summed E-state index contributed by atoms with van der Waals surface area (Å²) in [5.41, 5.74) is 1.02. The highest BCUT2D eigenvalue weighted by molar-refractivity contribution is 5.78. The van der Waals surface area contributed by atoms with Gasteiger partial charge < -0.3 is 4.90 Å². The molecule has 0 bridgehead atoms. The number of rotatable bonds is 3. The van der Waals surface area contributed by atoms with Gasteiger partial charge in [0.15, 0.2) is 0 Å². The molecule has 0 atom stereocenters. The van der Waals surface area contributed by atoms with E-state index in [1.165, 1.54) is 0 Å². The maximum absolute atomic E-state index is 11.5. The molecule has 0 aromatic heterocycles. The summed E-state index contributed by atoms with van der Waals surface area (Å²) >= 11 is 0. The van der Waals surface area contributed by atoms with Crippen LogP contribution >= 0.6 is 0 Å². The lowest BCUT2D eigenvalue weighted by atomic mass is 10.1. The van der Waals surface area contributed by atoms with Gasteiger partial charge in [-0.2, -0.15) is 0 Å². The molecule has 0 unspecified atom stereocenters. The Hall–Kier alpha value is -1.75. The maximum atomic E-state index is 11.5. The van der Waals surface area contributed by atoms with Crippen molar-refractivity contribution in [3.05, 3.63) is 35.9 Å². The van der Waals surface area contributed by atoms with Gasteiger partial charge in [0, 0.05) is 7.05 Å². The van der Waals surface area contributed by atoms with Crippen molar-refractivity contribution in [1.29, 1.82) is 0 Å². The highest BCUT2D eigenvalue weighted by Gasteiger charge is 2.07. The van der Waals surface area contributed by atoms with E-state index in [9.17, 15) is 4.79 Å². The van der Waals surface area contributed by atoms with E-state index in [1.54, 1.807) is 11.9 Å². The van der Waals surface area contributed by atoms with E-state index in [-0.39, 0.29) is 5.91 Å². The standard InChI is InChI=1S/C12H13NO/c1-3-9-13(2)12(14)10-11-7-5-4-6-8-11/h1,4-8H,9-10H2,2H3. The number of carbonyl (C=O) groups is 1. The van der Waals surface area contributed by atoms with Gasteiger partial charge in [0.2, 0.25) is 5.91 Å². The summed E-state index contributed by atoms with van der Waals surface area (Å²) in [6.45, 7) is 0.367. The molecule has 1 rings (SSSR count). The fraction of sp³-hybridized carbons (Fsp3) is 0.250. The number of nitrogens with zero attached hydrogens (tertiary/aromatic N) is 1. The lowest BCUT2D eigenvalue weighted by Gasteiger charge is -2.13. The van der Waals surface area contributed by atoms with Crippen LogP contribution in [-0.2, 0) is 11.2 Å². The molecule has 0 radical (unpaired) electrons. The molecule has 0 saturated carbocycles. The van der Waals surface area contributed by atoms with Crippen molar-refractivity contribution in [3.63, 3.8) is 0 Å². The third-order valence-corrected chi connectivity index (χ3v) is 1.95. The van der Waals surface area contributed by atoms with Crippen LogP contribution in [0.2, 0.25) is 0 Å². The third kappa shape index (κ3) is 2.95. The average Bonchev–Trinajstić information content (AvgIpc) is 2.19. The Morgan fingerprint density at radius 2 is 2.07 bits per heavy atom. The second-order valence-corrected chi connectivity index (χ2v) is 3.12.